The molecule has 0 aliphatic heterocycles. The lowest BCUT2D eigenvalue weighted by Crippen LogP contribution is -2.29. The molecule has 3 aromatic rings. The van der Waals surface area contributed by atoms with Gasteiger partial charge in [0.05, 0.1) is 0 Å². The van der Waals surface area contributed by atoms with Gasteiger partial charge in [0, 0.05) is 40.5 Å². The number of rotatable bonds is 7. The number of hydrogen-bond acceptors (Lipinski definition) is 3. The first-order chi connectivity index (χ1) is 14.5. The second kappa shape index (κ2) is 10.3. The van der Waals surface area contributed by atoms with E-state index in [9.17, 15) is 4.79 Å². The highest BCUT2D eigenvalue weighted by atomic mass is 35.5. The van der Waals surface area contributed by atoms with Crippen molar-refractivity contribution in [1.29, 1.82) is 0 Å². The Morgan fingerprint density at radius 3 is 2.43 bits per heavy atom. The molecule has 3 rings (SSSR count). The minimum absolute atomic E-state index is 0.208. The molecule has 2 N–H and O–H groups in total. The van der Waals surface area contributed by atoms with Crippen LogP contribution in [-0.2, 0) is 7.05 Å². The van der Waals surface area contributed by atoms with Gasteiger partial charge in [-0.2, -0.15) is 0 Å². The van der Waals surface area contributed by atoms with Gasteiger partial charge in [-0.3, -0.25) is 0 Å². The van der Waals surface area contributed by atoms with Gasteiger partial charge in [0.1, 0.15) is 0 Å². The van der Waals surface area contributed by atoms with E-state index in [2.05, 4.69) is 27.8 Å². The number of nitrogens with one attached hydrogen (secondary N) is 2. The Morgan fingerprint density at radius 1 is 1.07 bits per heavy atom. The molecule has 0 atom stereocenters. The molecule has 6 nitrogen and oxygen atoms in total. The number of hydrogen-bond donors (Lipinski definition) is 2. The third kappa shape index (κ3) is 5.40. The Balaban J connectivity index is 1.71. The monoisotopic (exact) mass is 443 g/mol. The molecule has 2 aromatic carbocycles. The average Bonchev–Trinajstić information content (AvgIpc) is 3.09. The topological polar surface area (TPSA) is 71.8 Å². The predicted octanol–water partition coefficient (Wildman–Crippen LogP) is 5.88. The molecule has 0 saturated carbocycles. The molecule has 0 unspecified atom stereocenters. The Bertz CT molecular complexity index is 1020. The van der Waals surface area contributed by atoms with Crippen LogP contribution < -0.4 is 10.6 Å². The summed E-state index contributed by atoms with van der Waals surface area (Å²) in [6.45, 7) is 2.74. The number of urea groups is 1. The Labute approximate surface area is 185 Å². The lowest BCUT2D eigenvalue weighted by atomic mass is 10.2. The fourth-order valence-electron chi connectivity index (χ4n) is 2.82. The number of halogens is 2. The smallest absolute Gasteiger partial charge is 0.319 e. The van der Waals surface area contributed by atoms with Crippen molar-refractivity contribution in [2.24, 2.45) is 7.05 Å². The van der Waals surface area contributed by atoms with Crippen LogP contribution in [0, 0.1) is 0 Å². The average molecular weight is 444 g/mol. The second-order valence-corrected chi connectivity index (χ2v) is 7.54. The summed E-state index contributed by atoms with van der Waals surface area (Å²) < 4.78 is 1.88. The maximum atomic E-state index is 11.9. The van der Waals surface area contributed by atoms with E-state index in [1.807, 2.05) is 48.0 Å². The Morgan fingerprint density at radius 2 is 1.77 bits per heavy atom. The normalized spacial score (nSPS) is 11.1. The first kappa shape index (κ1) is 21.9. The van der Waals surface area contributed by atoms with Crippen LogP contribution in [0.25, 0.3) is 23.5 Å². The van der Waals surface area contributed by atoms with Crippen LogP contribution in [0.5, 0.6) is 0 Å². The summed E-state index contributed by atoms with van der Waals surface area (Å²) in [5, 5.41) is 15.3. The van der Waals surface area contributed by atoms with Gasteiger partial charge in [0.2, 0.25) is 0 Å². The predicted molar refractivity (Wildman–Crippen MR) is 124 cm³/mol. The highest BCUT2D eigenvalue weighted by molar-refractivity contribution is 6.37. The summed E-state index contributed by atoms with van der Waals surface area (Å²) in [6.07, 6.45) is 5.63. The zero-order chi connectivity index (χ0) is 21.5. The van der Waals surface area contributed by atoms with Crippen molar-refractivity contribution < 1.29 is 4.79 Å². The van der Waals surface area contributed by atoms with Crippen molar-refractivity contribution in [2.45, 2.75) is 19.8 Å². The molecule has 0 spiro atoms. The van der Waals surface area contributed by atoms with Crippen LogP contribution in [0.2, 0.25) is 10.0 Å². The lowest BCUT2D eigenvalue weighted by molar-refractivity contribution is 0.252. The first-order valence-corrected chi connectivity index (χ1v) is 10.4. The fraction of sp³-hybridized carbons (Fsp3) is 0.227. The molecule has 0 saturated heterocycles. The summed E-state index contributed by atoms with van der Waals surface area (Å²) in [6, 6.07) is 12.6. The van der Waals surface area contributed by atoms with Gasteiger partial charge in [-0.25, -0.2) is 4.79 Å². The minimum Gasteiger partial charge on any atom is -0.338 e. The van der Waals surface area contributed by atoms with Gasteiger partial charge in [-0.1, -0.05) is 42.6 Å². The molecule has 0 bridgehead atoms. The van der Waals surface area contributed by atoms with Crippen LogP contribution in [-0.4, -0.2) is 27.3 Å². The largest absolute Gasteiger partial charge is 0.338 e. The number of anilines is 1. The molecule has 1 aromatic heterocycles. The Hall–Kier alpha value is -2.83. The van der Waals surface area contributed by atoms with E-state index >= 15 is 0 Å². The molecule has 30 heavy (non-hydrogen) atoms. The van der Waals surface area contributed by atoms with Crippen molar-refractivity contribution >= 4 is 47.1 Å². The van der Waals surface area contributed by atoms with Gasteiger partial charge in [0.15, 0.2) is 11.6 Å². The number of carbonyl (C=O) groups excluding carboxylic acids is 1. The van der Waals surface area contributed by atoms with E-state index in [4.69, 9.17) is 23.2 Å². The number of unbranched alkanes of at least 4 members (excludes halogenated alkanes) is 1. The van der Waals surface area contributed by atoms with Crippen molar-refractivity contribution in [3.8, 4) is 11.4 Å². The molecule has 0 fully saturated rings. The first-order valence-electron chi connectivity index (χ1n) is 9.66. The number of benzene rings is 2. The molecule has 0 aliphatic carbocycles. The van der Waals surface area contributed by atoms with Crippen LogP contribution in [0.4, 0.5) is 10.5 Å². The van der Waals surface area contributed by atoms with Gasteiger partial charge in [-0.15, -0.1) is 10.2 Å². The molecule has 1 heterocycles. The van der Waals surface area contributed by atoms with Crippen LogP contribution in [0.15, 0.2) is 42.5 Å². The van der Waals surface area contributed by atoms with Crippen LogP contribution >= 0.6 is 23.2 Å². The maximum Gasteiger partial charge on any atom is 0.319 e. The lowest BCUT2D eigenvalue weighted by Gasteiger charge is -2.08. The molecule has 156 valence electrons. The van der Waals surface area contributed by atoms with E-state index in [1.165, 1.54) is 0 Å². The van der Waals surface area contributed by atoms with Crippen molar-refractivity contribution in [3.05, 3.63) is 63.9 Å². The van der Waals surface area contributed by atoms with E-state index in [0.29, 0.717) is 33.9 Å². The van der Waals surface area contributed by atoms with Gasteiger partial charge in [0.25, 0.3) is 0 Å². The molecular weight excluding hydrogens is 421 g/mol. The summed E-state index contributed by atoms with van der Waals surface area (Å²) in [5.41, 5.74) is 2.33. The number of nitrogens with zero attached hydrogens (tertiary/aromatic N) is 3. The maximum absolute atomic E-state index is 11.9. The van der Waals surface area contributed by atoms with Crippen molar-refractivity contribution in [2.75, 3.05) is 11.9 Å². The Kier molecular flexibility index (Phi) is 7.49. The van der Waals surface area contributed by atoms with E-state index in [1.54, 1.807) is 18.2 Å². The van der Waals surface area contributed by atoms with Crippen LogP contribution in [0.1, 0.15) is 31.2 Å². The third-order valence-electron chi connectivity index (χ3n) is 4.52. The van der Waals surface area contributed by atoms with E-state index < -0.39 is 0 Å². The number of amides is 2. The van der Waals surface area contributed by atoms with Gasteiger partial charge < -0.3 is 15.2 Å². The summed E-state index contributed by atoms with van der Waals surface area (Å²) in [5.74, 6) is 1.37. The van der Waals surface area contributed by atoms with E-state index in [-0.39, 0.29) is 6.03 Å². The van der Waals surface area contributed by atoms with Crippen molar-refractivity contribution in [3.63, 3.8) is 0 Å². The quantitative estimate of drug-likeness (QED) is 0.447. The minimum atomic E-state index is -0.208. The van der Waals surface area contributed by atoms with Gasteiger partial charge in [-0.05, 0) is 55.0 Å². The molecule has 0 radical (unpaired) electrons. The zero-order valence-corrected chi connectivity index (χ0v) is 18.3. The summed E-state index contributed by atoms with van der Waals surface area (Å²) >= 11 is 12.4. The van der Waals surface area contributed by atoms with Gasteiger partial charge >= 0.3 is 6.03 Å². The highest BCUT2D eigenvalue weighted by Crippen LogP contribution is 2.26. The zero-order valence-electron chi connectivity index (χ0n) is 16.8. The summed E-state index contributed by atoms with van der Waals surface area (Å²) in [4.78, 5) is 11.9. The SMILES string of the molecule is CCCCNC(=O)Nc1ccc(-c2nnc(/C=C/c3c(Cl)cccc3Cl)n2C)cc1. The molecule has 2 amide bonds. The highest BCUT2D eigenvalue weighted by Gasteiger charge is 2.10. The molecule has 8 heteroatoms. The third-order valence-corrected chi connectivity index (χ3v) is 5.18. The van der Waals surface area contributed by atoms with Crippen LogP contribution in [0.3, 0.4) is 0 Å². The number of aromatic nitrogens is 3. The number of carbonyl (C=O) groups is 1. The summed E-state index contributed by atoms with van der Waals surface area (Å²) in [7, 11) is 1.89. The second-order valence-electron chi connectivity index (χ2n) is 6.72. The van der Waals surface area contributed by atoms with Crippen molar-refractivity contribution in [1.82, 2.24) is 20.1 Å². The van der Waals surface area contributed by atoms with E-state index in [0.717, 1.165) is 24.0 Å². The molecular formula is C22H23Cl2N5O. The molecule has 0 aliphatic rings. The fourth-order valence-corrected chi connectivity index (χ4v) is 3.35. The standard InChI is InChI=1S/C22H23Cl2N5O/c1-3-4-14-25-22(30)26-16-10-8-15(9-11-16)21-28-27-20(29(21)2)13-12-17-18(23)6-5-7-19(17)24/h5-13H,3-4,14H2,1-2H3,(H2,25,26,30)/b13-12+.